The lowest BCUT2D eigenvalue weighted by molar-refractivity contribution is -0.132. The number of carbonyl (C=O) groups excluding carboxylic acids is 2. The van der Waals surface area contributed by atoms with Gasteiger partial charge in [0.05, 0.1) is 0 Å². The molecular formula is C9H15ClO2. The molecular weight excluding hydrogens is 176 g/mol. The number of ketones is 1. The Labute approximate surface area is 78.3 Å². The van der Waals surface area contributed by atoms with Gasteiger partial charge >= 0.3 is 0 Å². The summed E-state index contributed by atoms with van der Waals surface area (Å²) < 4.78 is 0. The van der Waals surface area contributed by atoms with Gasteiger partial charge in [0.25, 0.3) is 5.24 Å². The number of unbranched alkanes of at least 4 members (excludes halogenated alkanes) is 4. The Morgan fingerprint density at radius 2 is 1.67 bits per heavy atom. The molecule has 12 heavy (non-hydrogen) atoms. The van der Waals surface area contributed by atoms with Crippen molar-refractivity contribution in [2.75, 3.05) is 0 Å². The highest BCUT2D eigenvalue weighted by Gasteiger charge is 2.08. The molecule has 2 nitrogen and oxygen atoms in total. The molecule has 0 aliphatic carbocycles. The lowest BCUT2D eigenvalue weighted by Gasteiger charge is -1.96. The van der Waals surface area contributed by atoms with Gasteiger partial charge in [0.1, 0.15) is 0 Å². The average molecular weight is 191 g/mol. The van der Waals surface area contributed by atoms with Crippen LogP contribution in [-0.2, 0) is 9.59 Å². The first kappa shape index (κ1) is 11.6. The highest BCUT2D eigenvalue weighted by molar-refractivity contribution is 6.81. The van der Waals surface area contributed by atoms with E-state index in [9.17, 15) is 9.59 Å². The standard InChI is InChI=1S/C9H15ClO2/c1-2-3-4-5-6-7-8(11)9(10)12/h2-7H2,1H3. The second-order valence-corrected chi connectivity index (χ2v) is 3.20. The third-order valence-corrected chi connectivity index (χ3v) is 1.94. The van der Waals surface area contributed by atoms with Crippen molar-refractivity contribution in [3.8, 4) is 0 Å². The molecule has 0 aromatic heterocycles. The van der Waals surface area contributed by atoms with Gasteiger partial charge in [0, 0.05) is 6.42 Å². The summed E-state index contributed by atoms with van der Waals surface area (Å²) >= 11 is 4.98. The van der Waals surface area contributed by atoms with Gasteiger partial charge in [0.2, 0.25) is 5.78 Å². The van der Waals surface area contributed by atoms with Gasteiger partial charge in [-0.15, -0.1) is 0 Å². The topological polar surface area (TPSA) is 34.1 Å². The minimum atomic E-state index is -0.828. The molecule has 0 bridgehead atoms. The summed E-state index contributed by atoms with van der Waals surface area (Å²) in [5, 5.41) is -0.828. The van der Waals surface area contributed by atoms with Crippen LogP contribution in [0.1, 0.15) is 45.4 Å². The molecule has 0 N–H and O–H groups in total. The first-order valence-electron chi connectivity index (χ1n) is 4.41. The third kappa shape index (κ3) is 6.35. The largest absolute Gasteiger partial charge is 0.289 e. The van der Waals surface area contributed by atoms with Gasteiger partial charge in [-0.05, 0) is 18.0 Å². The Hall–Kier alpha value is -0.370. The average Bonchev–Trinajstić information content (AvgIpc) is 2.03. The minimum Gasteiger partial charge on any atom is -0.289 e. The van der Waals surface area contributed by atoms with Crippen molar-refractivity contribution in [1.29, 1.82) is 0 Å². The van der Waals surface area contributed by atoms with Gasteiger partial charge in [-0.25, -0.2) is 0 Å². The van der Waals surface area contributed by atoms with E-state index in [1.54, 1.807) is 0 Å². The van der Waals surface area contributed by atoms with Crippen LogP contribution in [0, 0.1) is 0 Å². The zero-order valence-corrected chi connectivity index (χ0v) is 8.19. The van der Waals surface area contributed by atoms with Crippen molar-refractivity contribution in [3.05, 3.63) is 0 Å². The SMILES string of the molecule is CCCCCCCC(=O)C(=O)Cl. The molecule has 70 valence electrons. The number of rotatable bonds is 7. The van der Waals surface area contributed by atoms with Crippen LogP contribution in [0.25, 0.3) is 0 Å². The lowest BCUT2D eigenvalue weighted by atomic mass is 10.1. The van der Waals surface area contributed by atoms with Gasteiger partial charge in [-0.2, -0.15) is 0 Å². The molecule has 0 rings (SSSR count). The number of carbonyl (C=O) groups is 2. The van der Waals surface area contributed by atoms with E-state index in [1.807, 2.05) is 0 Å². The predicted octanol–water partition coefficient (Wildman–Crippen LogP) is 2.68. The van der Waals surface area contributed by atoms with Crippen molar-refractivity contribution in [1.82, 2.24) is 0 Å². The second kappa shape index (κ2) is 7.29. The van der Waals surface area contributed by atoms with Crippen LogP contribution in [0.2, 0.25) is 0 Å². The summed E-state index contributed by atoms with van der Waals surface area (Å²) in [7, 11) is 0. The van der Waals surface area contributed by atoms with Crippen molar-refractivity contribution < 1.29 is 9.59 Å². The Bertz CT molecular complexity index is 155. The summed E-state index contributed by atoms with van der Waals surface area (Å²) in [6.07, 6.45) is 5.64. The van der Waals surface area contributed by atoms with Crippen LogP contribution in [0.4, 0.5) is 0 Å². The number of halogens is 1. The van der Waals surface area contributed by atoms with Gasteiger partial charge < -0.3 is 0 Å². The molecule has 0 saturated carbocycles. The van der Waals surface area contributed by atoms with Crippen LogP contribution in [0.3, 0.4) is 0 Å². The van der Waals surface area contributed by atoms with Crippen molar-refractivity contribution in [2.24, 2.45) is 0 Å². The normalized spacial score (nSPS) is 9.83. The van der Waals surface area contributed by atoms with Gasteiger partial charge in [0.15, 0.2) is 0 Å². The molecule has 0 saturated heterocycles. The lowest BCUT2D eigenvalue weighted by Crippen LogP contribution is -2.05. The van der Waals surface area contributed by atoms with Gasteiger partial charge in [-0.1, -0.05) is 32.6 Å². The van der Waals surface area contributed by atoms with Crippen LogP contribution in [0.5, 0.6) is 0 Å². The fourth-order valence-electron chi connectivity index (χ4n) is 0.987. The molecule has 0 aromatic rings. The number of hydrogen-bond acceptors (Lipinski definition) is 2. The van der Waals surface area contributed by atoms with E-state index in [1.165, 1.54) is 12.8 Å². The van der Waals surface area contributed by atoms with Crippen LogP contribution < -0.4 is 0 Å². The van der Waals surface area contributed by atoms with E-state index in [4.69, 9.17) is 11.6 Å². The summed E-state index contributed by atoms with van der Waals surface area (Å²) in [4.78, 5) is 21.0. The molecule has 0 atom stereocenters. The molecule has 0 aromatic carbocycles. The summed E-state index contributed by atoms with van der Waals surface area (Å²) in [6, 6.07) is 0. The Morgan fingerprint density at radius 1 is 1.08 bits per heavy atom. The molecule has 0 aliphatic heterocycles. The van der Waals surface area contributed by atoms with E-state index < -0.39 is 11.0 Å². The van der Waals surface area contributed by atoms with Crippen molar-refractivity contribution in [2.45, 2.75) is 45.4 Å². The van der Waals surface area contributed by atoms with Crippen molar-refractivity contribution >= 4 is 22.6 Å². The number of hydrogen-bond donors (Lipinski definition) is 0. The fourth-order valence-corrected chi connectivity index (χ4v) is 1.08. The molecule has 0 amide bonds. The van der Waals surface area contributed by atoms with Crippen LogP contribution in [0.15, 0.2) is 0 Å². The maximum Gasteiger partial charge on any atom is 0.288 e. The molecule has 0 unspecified atom stereocenters. The van der Waals surface area contributed by atoms with Gasteiger partial charge in [-0.3, -0.25) is 9.59 Å². The predicted molar refractivity (Wildman–Crippen MR) is 49.2 cm³/mol. The summed E-state index contributed by atoms with van der Waals surface area (Å²) in [6.45, 7) is 2.13. The smallest absolute Gasteiger partial charge is 0.288 e. The highest BCUT2D eigenvalue weighted by Crippen LogP contribution is 2.05. The van der Waals surface area contributed by atoms with E-state index in [0.717, 1.165) is 19.3 Å². The molecule has 0 radical (unpaired) electrons. The summed E-state index contributed by atoms with van der Waals surface area (Å²) in [5.74, 6) is -0.451. The first-order chi connectivity index (χ1) is 5.68. The molecule has 0 spiro atoms. The van der Waals surface area contributed by atoms with E-state index in [-0.39, 0.29) is 0 Å². The van der Waals surface area contributed by atoms with E-state index in [2.05, 4.69) is 6.92 Å². The minimum absolute atomic E-state index is 0.312. The zero-order valence-electron chi connectivity index (χ0n) is 7.44. The first-order valence-corrected chi connectivity index (χ1v) is 4.79. The Morgan fingerprint density at radius 3 is 2.17 bits per heavy atom. The summed E-state index contributed by atoms with van der Waals surface area (Å²) in [5.41, 5.74) is 0. The molecule has 0 heterocycles. The van der Waals surface area contributed by atoms with Crippen LogP contribution >= 0.6 is 11.6 Å². The monoisotopic (exact) mass is 190 g/mol. The fraction of sp³-hybridized carbons (Fsp3) is 0.778. The second-order valence-electron chi connectivity index (χ2n) is 2.86. The Kier molecular flexibility index (Phi) is 7.06. The molecule has 0 aliphatic rings. The van der Waals surface area contributed by atoms with E-state index >= 15 is 0 Å². The van der Waals surface area contributed by atoms with E-state index in [0.29, 0.717) is 6.42 Å². The molecule has 0 fully saturated rings. The van der Waals surface area contributed by atoms with Crippen LogP contribution in [-0.4, -0.2) is 11.0 Å². The third-order valence-electron chi connectivity index (χ3n) is 1.73. The molecule has 3 heteroatoms. The highest BCUT2D eigenvalue weighted by atomic mass is 35.5. The maximum atomic E-state index is 10.7. The van der Waals surface area contributed by atoms with Crippen molar-refractivity contribution in [3.63, 3.8) is 0 Å². The number of Topliss-reactive ketones (excluding diaryl/α,β-unsaturated/α-hetero) is 1. The zero-order chi connectivity index (χ0) is 9.40. The quantitative estimate of drug-likeness (QED) is 0.352. The Balaban J connectivity index is 3.20. The maximum absolute atomic E-state index is 10.7.